The number of nitrogens with one attached hydrogen (secondary N) is 1. The molecule has 0 radical (unpaired) electrons. The van der Waals surface area contributed by atoms with Crippen LogP contribution in [0.3, 0.4) is 0 Å². The number of aromatic hydroxyl groups is 1. The second-order valence-electron chi connectivity index (χ2n) is 10.0. The Morgan fingerprint density at radius 1 is 1.00 bits per heavy atom. The van der Waals surface area contributed by atoms with E-state index in [1.54, 1.807) is 6.07 Å². The first-order valence-electron chi connectivity index (χ1n) is 13.6. The second kappa shape index (κ2) is 11.2. The predicted molar refractivity (Wildman–Crippen MR) is 151 cm³/mol. The minimum Gasteiger partial charge on any atom is -0.507 e. The van der Waals surface area contributed by atoms with Crippen LogP contribution < -0.4 is 9.47 Å². The molecule has 39 heavy (non-hydrogen) atoms. The molecule has 1 aliphatic rings. The van der Waals surface area contributed by atoms with Crippen LogP contribution in [-0.2, 0) is 6.61 Å². The van der Waals surface area contributed by atoms with Crippen molar-refractivity contribution in [3.05, 3.63) is 94.2 Å². The average Bonchev–Trinajstić information content (AvgIpc) is 3.45. The average molecular weight is 526 g/mol. The van der Waals surface area contributed by atoms with E-state index in [0.29, 0.717) is 48.2 Å². The van der Waals surface area contributed by atoms with Gasteiger partial charge >= 0.3 is 0 Å². The summed E-state index contributed by atoms with van der Waals surface area (Å²) in [7, 11) is 0. The summed E-state index contributed by atoms with van der Waals surface area (Å²) in [6, 6.07) is 19.2. The number of aryl methyl sites for hydroxylation is 2. The molecule has 1 aromatic heterocycles. The van der Waals surface area contributed by atoms with Gasteiger partial charge in [-0.15, -0.1) is 0 Å². The van der Waals surface area contributed by atoms with Crippen LogP contribution in [0.2, 0.25) is 0 Å². The third-order valence-electron chi connectivity index (χ3n) is 7.13. The number of aromatic amines is 1. The van der Waals surface area contributed by atoms with E-state index in [4.69, 9.17) is 9.47 Å². The van der Waals surface area contributed by atoms with E-state index in [9.17, 15) is 9.90 Å². The third kappa shape index (κ3) is 5.09. The molecule has 1 amide bonds. The number of hydrogen-bond acceptors (Lipinski definition) is 5. The van der Waals surface area contributed by atoms with Gasteiger partial charge in [0.05, 0.1) is 12.6 Å². The van der Waals surface area contributed by atoms with Crippen molar-refractivity contribution in [3.8, 4) is 28.5 Å². The molecule has 0 fully saturated rings. The van der Waals surface area contributed by atoms with Gasteiger partial charge in [-0.3, -0.25) is 9.89 Å². The number of phenolic OH excluding ortho intramolecular Hbond substituents is 1. The van der Waals surface area contributed by atoms with Crippen molar-refractivity contribution >= 4 is 5.91 Å². The van der Waals surface area contributed by atoms with Crippen LogP contribution in [0.25, 0.3) is 11.3 Å². The summed E-state index contributed by atoms with van der Waals surface area (Å²) in [5.41, 5.74) is 6.32. The Balaban J connectivity index is 1.59. The number of ether oxygens (including phenoxy) is 2. The number of aromatic nitrogens is 2. The van der Waals surface area contributed by atoms with Crippen LogP contribution in [0.15, 0.2) is 60.7 Å². The number of phenols is 1. The number of nitrogens with zero attached hydrogens (tertiary/aromatic N) is 2. The molecule has 0 saturated heterocycles. The molecule has 1 aliphatic heterocycles. The first-order valence-corrected chi connectivity index (χ1v) is 13.6. The van der Waals surface area contributed by atoms with Gasteiger partial charge in [-0.05, 0) is 67.6 Å². The SMILES string of the molecule is CCCCN1C(=O)c2[nH]nc(-c3c(C)cc(C)cc3O)c2C1c1ccc(OCc2ccccc2)c(OCC)c1. The highest BCUT2D eigenvalue weighted by Crippen LogP contribution is 2.47. The highest BCUT2D eigenvalue weighted by molar-refractivity contribution is 6.00. The summed E-state index contributed by atoms with van der Waals surface area (Å²) in [4.78, 5) is 15.5. The molecule has 0 spiro atoms. The quantitative estimate of drug-likeness (QED) is 0.240. The molecule has 0 saturated carbocycles. The Bertz CT molecular complexity index is 1460. The fourth-order valence-corrected chi connectivity index (χ4v) is 5.36. The fraction of sp³-hybridized carbons (Fsp3) is 0.312. The van der Waals surface area contributed by atoms with Crippen molar-refractivity contribution in [1.29, 1.82) is 0 Å². The molecule has 1 unspecified atom stereocenters. The minimum absolute atomic E-state index is 0.0891. The number of carbonyl (C=O) groups excluding carboxylic acids is 1. The van der Waals surface area contributed by atoms with Crippen LogP contribution in [0.5, 0.6) is 17.2 Å². The molecular formula is C32H35N3O4. The van der Waals surface area contributed by atoms with Gasteiger partial charge in [0.15, 0.2) is 11.5 Å². The van der Waals surface area contributed by atoms with Gasteiger partial charge in [0.1, 0.15) is 23.7 Å². The summed E-state index contributed by atoms with van der Waals surface area (Å²) in [6.07, 6.45) is 1.84. The number of benzene rings is 3. The zero-order chi connectivity index (χ0) is 27.5. The maximum absolute atomic E-state index is 13.6. The number of hydrogen-bond donors (Lipinski definition) is 2. The number of rotatable bonds is 10. The molecule has 0 bridgehead atoms. The lowest BCUT2D eigenvalue weighted by Crippen LogP contribution is -2.30. The summed E-state index contributed by atoms with van der Waals surface area (Å²) in [6.45, 7) is 9.46. The largest absolute Gasteiger partial charge is 0.507 e. The monoisotopic (exact) mass is 525 g/mol. The maximum atomic E-state index is 13.6. The second-order valence-corrected chi connectivity index (χ2v) is 10.0. The summed E-state index contributed by atoms with van der Waals surface area (Å²) < 4.78 is 12.2. The summed E-state index contributed by atoms with van der Waals surface area (Å²) in [5, 5.41) is 18.5. The normalized spacial score (nSPS) is 14.5. The molecule has 5 rings (SSSR count). The molecule has 7 nitrogen and oxygen atoms in total. The standard InChI is InChI=1S/C32H35N3O4/c1-5-7-15-35-31(23-13-14-25(26(18-23)38-6-2)39-19-22-11-9-8-10-12-22)28-29(33-34-30(28)32(35)37)27-21(4)16-20(3)17-24(27)36/h8-14,16-18,31,36H,5-7,15,19H2,1-4H3,(H,33,34). The molecule has 1 atom stereocenters. The zero-order valence-electron chi connectivity index (χ0n) is 23.0. The van der Waals surface area contributed by atoms with Crippen LogP contribution in [0, 0.1) is 13.8 Å². The van der Waals surface area contributed by atoms with Crippen molar-refractivity contribution in [2.24, 2.45) is 0 Å². The lowest BCUT2D eigenvalue weighted by molar-refractivity contribution is 0.0741. The summed E-state index contributed by atoms with van der Waals surface area (Å²) in [5.74, 6) is 1.34. The van der Waals surface area contributed by atoms with E-state index in [0.717, 1.165) is 40.7 Å². The number of fused-ring (bicyclic) bond motifs is 1. The van der Waals surface area contributed by atoms with E-state index in [1.807, 2.05) is 80.3 Å². The van der Waals surface area contributed by atoms with Gasteiger partial charge in [0.2, 0.25) is 0 Å². The lowest BCUT2D eigenvalue weighted by Gasteiger charge is -2.27. The third-order valence-corrected chi connectivity index (χ3v) is 7.13. The highest BCUT2D eigenvalue weighted by atomic mass is 16.5. The van der Waals surface area contributed by atoms with Crippen molar-refractivity contribution in [3.63, 3.8) is 0 Å². The molecule has 0 aliphatic carbocycles. The number of carbonyl (C=O) groups is 1. The molecule has 2 N–H and O–H groups in total. The minimum atomic E-state index is -0.379. The Morgan fingerprint density at radius 2 is 1.79 bits per heavy atom. The molecule has 2 heterocycles. The Kier molecular flexibility index (Phi) is 7.59. The Labute approximate surface area is 229 Å². The predicted octanol–water partition coefficient (Wildman–Crippen LogP) is 6.72. The first kappa shape index (κ1) is 26.4. The van der Waals surface area contributed by atoms with Gasteiger partial charge in [0.25, 0.3) is 5.91 Å². The highest BCUT2D eigenvalue weighted by Gasteiger charge is 2.42. The molecule has 7 heteroatoms. The van der Waals surface area contributed by atoms with Crippen molar-refractivity contribution in [2.75, 3.05) is 13.2 Å². The van der Waals surface area contributed by atoms with Gasteiger partial charge < -0.3 is 19.5 Å². The lowest BCUT2D eigenvalue weighted by atomic mass is 9.93. The molecule has 3 aromatic carbocycles. The number of unbranched alkanes of at least 4 members (excludes halogenated alkanes) is 1. The maximum Gasteiger partial charge on any atom is 0.273 e. The topological polar surface area (TPSA) is 87.7 Å². The Hall–Kier alpha value is -4.26. The van der Waals surface area contributed by atoms with E-state index in [-0.39, 0.29) is 17.7 Å². The van der Waals surface area contributed by atoms with E-state index in [1.165, 1.54) is 0 Å². The molecule has 202 valence electrons. The first-order chi connectivity index (χ1) is 18.9. The smallest absolute Gasteiger partial charge is 0.273 e. The van der Waals surface area contributed by atoms with Crippen LogP contribution in [0.1, 0.15) is 71.0 Å². The number of H-pyrrole nitrogens is 1. The van der Waals surface area contributed by atoms with Crippen molar-refractivity contribution in [2.45, 2.75) is 53.2 Å². The zero-order valence-corrected chi connectivity index (χ0v) is 23.0. The Morgan fingerprint density at radius 3 is 2.51 bits per heavy atom. The van der Waals surface area contributed by atoms with Crippen molar-refractivity contribution < 1.29 is 19.4 Å². The van der Waals surface area contributed by atoms with Crippen molar-refractivity contribution in [1.82, 2.24) is 15.1 Å². The van der Waals surface area contributed by atoms with Gasteiger partial charge in [0, 0.05) is 17.7 Å². The van der Waals surface area contributed by atoms with E-state index >= 15 is 0 Å². The van der Waals surface area contributed by atoms with Gasteiger partial charge in [-0.25, -0.2) is 0 Å². The van der Waals surface area contributed by atoms with Crippen LogP contribution >= 0.6 is 0 Å². The number of amides is 1. The molecule has 4 aromatic rings. The summed E-state index contributed by atoms with van der Waals surface area (Å²) >= 11 is 0. The fourth-order valence-electron chi connectivity index (χ4n) is 5.36. The van der Waals surface area contributed by atoms with Gasteiger partial charge in [-0.1, -0.05) is 55.8 Å². The van der Waals surface area contributed by atoms with E-state index < -0.39 is 0 Å². The van der Waals surface area contributed by atoms with E-state index in [2.05, 4.69) is 17.1 Å². The van der Waals surface area contributed by atoms with Crippen LogP contribution in [0.4, 0.5) is 0 Å². The van der Waals surface area contributed by atoms with Crippen LogP contribution in [-0.4, -0.2) is 39.3 Å². The van der Waals surface area contributed by atoms with Gasteiger partial charge in [-0.2, -0.15) is 5.10 Å². The molecular weight excluding hydrogens is 490 g/mol.